The van der Waals surface area contributed by atoms with E-state index >= 15 is 0 Å². The van der Waals surface area contributed by atoms with Gasteiger partial charge in [0.2, 0.25) is 0 Å². The molecule has 0 radical (unpaired) electrons. The fraction of sp³-hybridized carbons (Fsp3) is 0.845. The molecule has 0 amide bonds. The maximum atomic E-state index is 12.9. The smallest absolute Gasteiger partial charge is 0.361 e. The summed E-state index contributed by atoms with van der Waals surface area (Å²) in [7, 11) is 5.99. The lowest BCUT2D eigenvalue weighted by atomic mass is 10.0. The Labute approximate surface area is 495 Å². The van der Waals surface area contributed by atoms with E-state index in [1.807, 2.05) is 21.1 Å². The number of carboxylic acid groups (broad SMARTS) is 1. The van der Waals surface area contributed by atoms with Crippen molar-refractivity contribution >= 4 is 17.9 Å². The van der Waals surface area contributed by atoms with E-state index in [0.29, 0.717) is 17.4 Å². The van der Waals surface area contributed by atoms with Crippen LogP contribution in [0, 0.1) is 0 Å². The largest absolute Gasteiger partial charge is 0.477 e. The van der Waals surface area contributed by atoms with E-state index in [-0.39, 0.29) is 38.2 Å². The number of hydrogen-bond acceptors (Lipinski definition) is 7. The highest BCUT2D eigenvalue weighted by Crippen LogP contribution is 2.19. The Bertz CT molecular complexity index is 1450. The third-order valence-corrected chi connectivity index (χ3v) is 15.3. The molecular formula is C71H132NO8+. The van der Waals surface area contributed by atoms with Gasteiger partial charge in [-0.1, -0.05) is 313 Å². The summed E-state index contributed by atoms with van der Waals surface area (Å²) >= 11 is 0. The predicted molar refractivity (Wildman–Crippen MR) is 341 cm³/mol. The van der Waals surface area contributed by atoms with E-state index in [0.717, 1.165) is 64.2 Å². The molecule has 0 heterocycles. The number of carboxylic acids is 1. The van der Waals surface area contributed by atoms with Gasteiger partial charge in [-0.3, -0.25) is 9.59 Å². The Hall–Kier alpha value is -2.75. The monoisotopic (exact) mass is 1130 g/mol. The standard InChI is InChI=1S/C71H131NO8/c1-6-8-10-12-14-16-18-20-22-24-26-28-30-31-32-33-34-35-36-37-38-39-40-42-44-46-48-50-52-54-56-58-60-62-69(74)80-67(66-79-71(70(75)76)77-64-63-72(3,4)5)65-78-68(73)61-59-57-55-53-51-49-47-45-43-41-29-27-25-23-21-19-17-15-13-11-9-7-2/h8,10,14,16,20,22,26,28,67,71H,6-7,9,11-13,15,17-19,21,23-25,27,29-66H2,1-5H3/p+1/b10-8-,16-14-,22-20-,28-26-. The molecule has 0 aromatic heterocycles. The van der Waals surface area contributed by atoms with Crippen LogP contribution in [0.15, 0.2) is 48.6 Å². The minimum absolute atomic E-state index is 0.176. The number of hydrogen-bond donors (Lipinski definition) is 1. The molecule has 0 aliphatic heterocycles. The lowest BCUT2D eigenvalue weighted by Crippen LogP contribution is -2.40. The van der Waals surface area contributed by atoms with Crippen molar-refractivity contribution in [3.63, 3.8) is 0 Å². The summed E-state index contributed by atoms with van der Waals surface area (Å²) < 4.78 is 23.0. The van der Waals surface area contributed by atoms with Gasteiger partial charge in [-0.05, 0) is 51.4 Å². The maximum absolute atomic E-state index is 12.9. The number of rotatable bonds is 64. The lowest BCUT2D eigenvalue weighted by molar-refractivity contribution is -0.870. The van der Waals surface area contributed by atoms with Crippen LogP contribution < -0.4 is 0 Å². The van der Waals surface area contributed by atoms with Gasteiger partial charge >= 0.3 is 17.9 Å². The van der Waals surface area contributed by atoms with Gasteiger partial charge in [0.1, 0.15) is 13.2 Å². The van der Waals surface area contributed by atoms with Crippen LogP contribution in [0.2, 0.25) is 0 Å². The van der Waals surface area contributed by atoms with E-state index < -0.39 is 18.4 Å². The number of ether oxygens (including phenoxy) is 4. The molecule has 0 rings (SSSR count). The van der Waals surface area contributed by atoms with Crippen LogP contribution in [-0.4, -0.2) is 87.4 Å². The van der Waals surface area contributed by atoms with Crippen molar-refractivity contribution in [1.29, 1.82) is 0 Å². The van der Waals surface area contributed by atoms with Crippen molar-refractivity contribution in [2.45, 2.75) is 341 Å². The molecule has 1 N–H and O–H groups in total. The fourth-order valence-corrected chi connectivity index (χ4v) is 10.1. The molecule has 9 heteroatoms. The molecule has 0 aromatic carbocycles. The SMILES string of the molecule is CC/C=C\C/C=C\C/C=C\C/C=C\CCCCCCCCCCCCCCCCCCCCCCC(=O)OC(COC(=O)CCCCCCCCCCCCCCCCCCCCCCCC)COC(OCC[N+](C)(C)C)C(=O)O. The van der Waals surface area contributed by atoms with Crippen molar-refractivity contribution < 1.29 is 42.9 Å². The van der Waals surface area contributed by atoms with Crippen LogP contribution in [0.4, 0.5) is 0 Å². The minimum Gasteiger partial charge on any atom is -0.477 e. The highest BCUT2D eigenvalue weighted by Gasteiger charge is 2.25. The van der Waals surface area contributed by atoms with Gasteiger partial charge in [-0.25, -0.2) is 4.79 Å². The molecule has 0 spiro atoms. The summed E-state index contributed by atoms with van der Waals surface area (Å²) in [5.74, 6) is -1.98. The first kappa shape index (κ1) is 77.2. The average Bonchev–Trinajstić information content (AvgIpc) is 3.43. The van der Waals surface area contributed by atoms with Crippen molar-refractivity contribution in [3.8, 4) is 0 Å². The molecule has 0 aliphatic rings. The predicted octanol–water partition coefficient (Wildman–Crippen LogP) is 21.0. The quantitative estimate of drug-likeness (QED) is 0.0211. The number of unbranched alkanes of at least 4 members (excludes halogenated alkanes) is 41. The van der Waals surface area contributed by atoms with Crippen LogP contribution in [-0.2, 0) is 33.3 Å². The van der Waals surface area contributed by atoms with E-state index in [1.54, 1.807) is 0 Å². The summed E-state index contributed by atoms with van der Waals surface area (Å²) in [5, 5.41) is 9.74. The number of aliphatic carboxylic acids is 1. The number of nitrogens with zero attached hydrogens (tertiary/aromatic N) is 1. The van der Waals surface area contributed by atoms with Crippen molar-refractivity contribution in [2.24, 2.45) is 0 Å². The Balaban J connectivity index is 4.06. The summed E-state index contributed by atoms with van der Waals surface area (Å²) in [4.78, 5) is 37.6. The Morgan fingerprint density at radius 2 is 0.713 bits per heavy atom. The Morgan fingerprint density at radius 1 is 0.388 bits per heavy atom. The summed E-state index contributed by atoms with van der Waals surface area (Å²) in [6, 6.07) is 0. The highest BCUT2D eigenvalue weighted by molar-refractivity contribution is 5.71. The zero-order valence-electron chi connectivity index (χ0n) is 53.5. The van der Waals surface area contributed by atoms with Gasteiger partial charge < -0.3 is 28.5 Å². The van der Waals surface area contributed by atoms with Gasteiger partial charge in [0.25, 0.3) is 6.29 Å². The molecule has 0 saturated heterocycles. The van der Waals surface area contributed by atoms with Gasteiger partial charge in [0.05, 0.1) is 34.4 Å². The number of carbonyl (C=O) groups excluding carboxylic acids is 2. The van der Waals surface area contributed by atoms with Gasteiger partial charge in [-0.15, -0.1) is 0 Å². The maximum Gasteiger partial charge on any atom is 0.361 e. The molecule has 2 atom stereocenters. The van der Waals surface area contributed by atoms with Gasteiger partial charge in [-0.2, -0.15) is 0 Å². The van der Waals surface area contributed by atoms with Crippen LogP contribution in [0.25, 0.3) is 0 Å². The molecule has 0 bridgehead atoms. The summed E-state index contributed by atoms with van der Waals surface area (Å²) in [5.41, 5.74) is 0. The van der Waals surface area contributed by atoms with Crippen LogP contribution >= 0.6 is 0 Å². The van der Waals surface area contributed by atoms with Crippen LogP contribution in [0.1, 0.15) is 328 Å². The summed E-state index contributed by atoms with van der Waals surface area (Å²) in [6.07, 6.45) is 76.5. The second-order valence-electron chi connectivity index (χ2n) is 24.5. The third kappa shape index (κ3) is 62.8. The molecule has 0 saturated carbocycles. The number of likely N-dealkylation sites (N-methyl/N-ethyl adjacent to an activating group) is 1. The molecule has 0 fully saturated rings. The first-order valence-electron chi connectivity index (χ1n) is 34.3. The van der Waals surface area contributed by atoms with Crippen molar-refractivity contribution in [3.05, 3.63) is 48.6 Å². The number of allylic oxidation sites excluding steroid dienone is 8. The van der Waals surface area contributed by atoms with E-state index in [2.05, 4.69) is 62.5 Å². The first-order chi connectivity index (χ1) is 39.1. The summed E-state index contributed by atoms with van der Waals surface area (Å²) in [6.45, 7) is 4.83. The van der Waals surface area contributed by atoms with Gasteiger partial charge in [0.15, 0.2) is 6.10 Å². The molecule has 0 aliphatic carbocycles. The van der Waals surface area contributed by atoms with E-state index in [9.17, 15) is 19.5 Å². The van der Waals surface area contributed by atoms with E-state index in [1.165, 1.54) is 238 Å². The first-order valence-corrected chi connectivity index (χ1v) is 34.3. The number of carbonyl (C=O) groups is 3. The second kappa shape index (κ2) is 62.3. The molecule has 80 heavy (non-hydrogen) atoms. The molecule has 0 aromatic rings. The topological polar surface area (TPSA) is 108 Å². The van der Waals surface area contributed by atoms with Crippen molar-refractivity contribution in [2.75, 3.05) is 47.5 Å². The normalized spacial score (nSPS) is 13.0. The van der Waals surface area contributed by atoms with Crippen LogP contribution in [0.3, 0.4) is 0 Å². The number of quaternary nitrogens is 1. The number of esters is 2. The Morgan fingerprint density at radius 3 is 1.06 bits per heavy atom. The van der Waals surface area contributed by atoms with Crippen LogP contribution in [0.5, 0.6) is 0 Å². The zero-order valence-corrected chi connectivity index (χ0v) is 53.5. The average molecular weight is 1130 g/mol. The second-order valence-corrected chi connectivity index (χ2v) is 24.5. The minimum atomic E-state index is -1.51. The molecule has 9 nitrogen and oxygen atoms in total. The Kier molecular flexibility index (Phi) is 60.2. The van der Waals surface area contributed by atoms with Crippen molar-refractivity contribution in [1.82, 2.24) is 0 Å². The fourth-order valence-electron chi connectivity index (χ4n) is 10.1. The highest BCUT2D eigenvalue weighted by atomic mass is 16.7. The zero-order chi connectivity index (χ0) is 58.3. The lowest BCUT2D eigenvalue weighted by Gasteiger charge is -2.25. The van der Waals surface area contributed by atoms with E-state index in [4.69, 9.17) is 18.9 Å². The van der Waals surface area contributed by atoms with Gasteiger partial charge in [0, 0.05) is 12.8 Å². The molecular weight excluding hydrogens is 995 g/mol. The molecule has 468 valence electrons. The molecule has 2 unspecified atom stereocenters. The third-order valence-electron chi connectivity index (χ3n) is 15.3.